The fourth-order valence-corrected chi connectivity index (χ4v) is 2.68. The van der Waals surface area contributed by atoms with Gasteiger partial charge in [0, 0.05) is 12.2 Å². The van der Waals surface area contributed by atoms with Crippen molar-refractivity contribution in [3.8, 4) is 0 Å². The zero-order valence-electron chi connectivity index (χ0n) is 13.8. The first-order chi connectivity index (χ1) is 10.4. The molecule has 8 heteroatoms. The monoisotopic (exact) mass is 366 g/mol. The molecule has 124 valence electrons. The van der Waals surface area contributed by atoms with Gasteiger partial charge in [-0.05, 0) is 42.9 Å². The molecular weight excluding hydrogens is 343 g/mol. The standard InChI is InChI=1S/C15H24N2O3S2.Na/c1-2-3-4-5-6-7-12-16-15(21)17-13-8-10-14(11-9-13)22(18,19)20;/h8-11H,2-7,12H2,1H3,(H2,16,17,21)(H,18,19,20);/q;+1/p-1. The maximum atomic E-state index is 10.8. The van der Waals surface area contributed by atoms with Crippen LogP contribution in [0.4, 0.5) is 5.69 Å². The van der Waals surface area contributed by atoms with Gasteiger partial charge in [-0.2, -0.15) is 0 Å². The van der Waals surface area contributed by atoms with E-state index in [1.54, 1.807) is 0 Å². The average Bonchev–Trinajstić information content (AvgIpc) is 2.46. The van der Waals surface area contributed by atoms with Crippen molar-refractivity contribution in [2.45, 2.75) is 50.3 Å². The summed E-state index contributed by atoms with van der Waals surface area (Å²) in [5.74, 6) is 0. The Bertz CT molecular complexity index is 563. The summed E-state index contributed by atoms with van der Waals surface area (Å²) in [6.45, 7) is 3.01. The molecule has 5 nitrogen and oxygen atoms in total. The van der Waals surface area contributed by atoms with E-state index < -0.39 is 10.1 Å². The molecule has 0 aliphatic carbocycles. The smallest absolute Gasteiger partial charge is 0.744 e. The number of hydrogen-bond donors (Lipinski definition) is 2. The van der Waals surface area contributed by atoms with E-state index in [0.29, 0.717) is 10.8 Å². The van der Waals surface area contributed by atoms with E-state index in [0.717, 1.165) is 13.0 Å². The number of thiocarbonyl (C=S) groups is 1. The molecule has 23 heavy (non-hydrogen) atoms. The first-order valence-corrected chi connectivity index (χ1v) is 9.36. The molecule has 1 rings (SSSR count). The summed E-state index contributed by atoms with van der Waals surface area (Å²) in [5, 5.41) is 6.55. The topological polar surface area (TPSA) is 81.3 Å². The molecule has 0 amide bonds. The van der Waals surface area contributed by atoms with Crippen molar-refractivity contribution in [3.05, 3.63) is 24.3 Å². The molecule has 0 aromatic heterocycles. The Kier molecular flexibility index (Phi) is 12.1. The maximum Gasteiger partial charge on any atom is 1.00 e. The minimum Gasteiger partial charge on any atom is -0.744 e. The van der Waals surface area contributed by atoms with Crippen molar-refractivity contribution in [1.82, 2.24) is 5.32 Å². The minimum atomic E-state index is -4.40. The Labute approximate surface area is 166 Å². The predicted molar refractivity (Wildman–Crippen MR) is 92.0 cm³/mol. The molecule has 0 heterocycles. The number of anilines is 1. The van der Waals surface area contributed by atoms with Crippen LogP contribution in [0, 0.1) is 0 Å². The van der Waals surface area contributed by atoms with Crippen LogP contribution < -0.4 is 40.2 Å². The molecule has 1 aromatic rings. The third-order valence-corrected chi connectivity index (χ3v) is 4.31. The van der Waals surface area contributed by atoms with Crippen LogP contribution in [0.25, 0.3) is 0 Å². The Morgan fingerprint density at radius 3 is 2.22 bits per heavy atom. The molecule has 0 saturated carbocycles. The molecule has 0 saturated heterocycles. The summed E-state index contributed by atoms with van der Waals surface area (Å²) in [6, 6.07) is 5.56. The van der Waals surface area contributed by atoms with Crippen molar-refractivity contribution < 1.29 is 42.5 Å². The zero-order chi connectivity index (χ0) is 16.4. The van der Waals surface area contributed by atoms with Gasteiger partial charge in [-0.3, -0.25) is 0 Å². The zero-order valence-corrected chi connectivity index (χ0v) is 17.4. The number of nitrogens with one attached hydrogen (secondary N) is 2. The van der Waals surface area contributed by atoms with Gasteiger partial charge >= 0.3 is 29.6 Å². The minimum absolute atomic E-state index is 0. The van der Waals surface area contributed by atoms with Crippen LogP contribution in [0.2, 0.25) is 0 Å². The van der Waals surface area contributed by atoms with Gasteiger partial charge in [0.1, 0.15) is 10.1 Å². The van der Waals surface area contributed by atoms with E-state index in [9.17, 15) is 13.0 Å². The second kappa shape index (κ2) is 12.2. The fourth-order valence-electron chi connectivity index (χ4n) is 1.99. The van der Waals surface area contributed by atoms with Crippen LogP contribution in [-0.4, -0.2) is 24.6 Å². The Morgan fingerprint density at radius 1 is 1.09 bits per heavy atom. The summed E-state index contributed by atoms with van der Waals surface area (Å²) >= 11 is 5.16. The predicted octanol–water partition coefficient (Wildman–Crippen LogP) is 0.242. The van der Waals surface area contributed by atoms with Crippen LogP contribution in [0.5, 0.6) is 0 Å². The molecule has 0 unspecified atom stereocenters. The van der Waals surface area contributed by atoms with Gasteiger partial charge in [0.05, 0.1) is 4.90 Å². The van der Waals surface area contributed by atoms with Crippen LogP contribution in [-0.2, 0) is 10.1 Å². The molecular formula is C15H23N2NaO3S2. The molecule has 0 bridgehead atoms. The molecule has 2 N–H and O–H groups in total. The summed E-state index contributed by atoms with van der Waals surface area (Å²) < 4.78 is 32.5. The molecule has 0 spiro atoms. The number of hydrogen-bond acceptors (Lipinski definition) is 4. The number of rotatable bonds is 9. The van der Waals surface area contributed by atoms with Crippen molar-refractivity contribution >= 4 is 33.1 Å². The second-order valence-electron chi connectivity index (χ2n) is 5.13. The van der Waals surface area contributed by atoms with Crippen LogP contribution in [0.15, 0.2) is 29.2 Å². The van der Waals surface area contributed by atoms with E-state index in [1.165, 1.54) is 56.4 Å². The Morgan fingerprint density at radius 2 is 1.65 bits per heavy atom. The van der Waals surface area contributed by atoms with Crippen molar-refractivity contribution in [2.75, 3.05) is 11.9 Å². The molecule has 1 aromatic carbocycles. The van der Waals surface area contributed by atoms with E-state index in [1.807, 2.05) is 0 Å². The first kappa shape index (κ1) is 22.8. The van der Waals surface area contributed by atoms with Gasteiger partial charge in [-0.1, -0.05) is 39.0 Å². The Hall–Kier alpha value is -0.180. The van der Waals surface area contributed by atoms with Gasteiger partial charge in [0.2, 0.25) is 0 Å². The second-order valence-corrected chi connectivity index (χ2v) is 6.92. The third-order valence-electron chi connectivity index (χ3n) is 3.22. The van der Waals surface area contributed by atoms with E-state index in [-0.39, 0.29) is 34.5 Å². The molecule has 0 atom stereocenters. The molecule has 0 radical (unpaired) electrons. The SMILES string of the molecule is CCCCCCCCNC(=S)Nc1ccc(S(=O)(=O)[O-])cc1.[Na+]. The van der Waals surface area contributed by atoms with Crippen LogP contribution in [0.3, 0.4) is 0 Å². The van der Waals surface area contributed by atoms with Crippen LogP contribution >= 0.6 is 12.2 Å². The summed E-state index contributed by atoms with van der Waals surface area (Å²) in [5.41, 5.74) is 0.646. The van der Waals surface area contributed by atoms with Gasteiger partial charge in [0.25, 0.3) is 0 Å². The first-order valence-electron chi connectivity index (χ1n) is 7.54. The van der Waals surface area contributed by atoms with Crippen LogP contribution in [0.1, 0.15) is 45.4 Å². The quantitative estimate of drug-likeness (QED) is 0.282. The normalized spacial score (nSPS) is 10.7. The van der Waals surface area contributed by atoms with Gasteiger partial charge in [-0.15, -0.1) is 0 Å². The van der Waals surface area contributed by atoms with Gasteiger partial charge < -0.3 is 15.2 Å². The molecule has 0 fully saturated rings. The maximum absolute atomic E-state index is 10.8. The van der Waals surface area contributed by atoms with Crippen molar-refractivity contribution in [1.29, 1.82) is 0 Å². The summed E-state index contributed by atoms with van der Waals surface area (Å²) in [4.78, 5) is -0.246. The summed E-state index contributed by atoms with van der Waals surface area (Å²) in [7, 11) is -4.40. The number of unbranched alkanes of at least 4 members (excludes halogenated alkanes) is 5. The average molecular weight is 366 g/mol. The third kappa shape index (κ3) is 10.3. The van der Waals surface area contributed by atoms with Crippen molar-refractivity contribution in [3.63, 3.8) is 0 Å². The van der Waals surface area contributed by atoms with Gasteiger partial charge in [-0.25, -0.2) is 8.42 Å². The molecule has 0 aliphatic heterocycles. The summed E-state index contributed by atoms with van der Waals surface area (Å²) in [6.07, 6.45) is 7.33. The van der Waals surface area contributed by atoms with E-state index >= 15 is 0 Å². The van der Waals surface area contributed by atoms with E-state index in [4.69, 9.17) is 12.2 Å². The largest absolute Gasteiger partial charge is 1.00 e. The molecule has 0 aliphatic rings. The number of benzene rings is 1. The Balaban J connectivity index is 0.00000484. The fraction of sp³-hybridized carbons (Fsp3) is 0.533. The van der Waals surface area contributed by atoms with E-state index in [2.05, 4.69) is 17.6 Å². The van der Waals surface area contributed by atoms with Gasteiger partial charge in [0.15, 0.2) is 5.11 Å². The van der Waals surface area contributed by atoms with Crippen molar-refractivity contribution in [2.24, 2.45) is 0 Å².